The summed E-state index contributed by atoms with van der Waals surface area (Å²) in [5.74, 6) is -3.14. The number of primary amides is 1. The van der Waals surface area contributed by atoms with Crippen LogP contribution in [0.2, 0.25) is 0 Å². The minimum atomic E-state index is -1.78. The molecule has 0 heterocycles. The molecule has 7 heteroatoms. The van der Waals surface area contributed by atoms with E-state index in [1.165, 1.54) is 20.3 Å². The predicted octanol–water partition coefficient (Wildman–Crippen LogP) is 0.651. The van der Waals surface area contributed by atoms with Crippen LogP contribution in [-0.2, 0) is 4.79 Å². The first-order valence-electron chi connectivity index (χ1n) is 6.35. The zero-order valence-electron chi connectivity index (χ0n) is 12.0. The van der Waals surface area contributed by atoms with E-state index in [4.69, 9.17) is 20.5 Å². The van der Waals surface area contributed by atoms with Gasteiger partial charge in [0, 0.05) is 0 Å². The minimum Gasteiger partial charge on any atom is -0.493 e. The van der Waals surface area contributed by atoms with Crippen LogP contribution in [0.3, 0.4) is 0 Å². The van der Waals surface area contributed by atoms with Gasteiger partial charge in [-0.15, -0.1) is 0 Å². The molecule has 1 aliphatic rings. The molecular formula is C15H13N3O4. The Bertz CT molecular complexity index is 731. The van der Waals surface area contributed by atoms with Gasteiger partial charge in [0.1, 0.15) is 0 Å². The van der Waals surface area contributed by atoms with Crippen LogP contribution >= 0.6 is 0 Å². The Kier molecular flexibility index (Phi) is 3.75. The number of methoxy groups -OCH3 is 2. The molecule has 3 atom stereocenters. The molecule has 0 spiro atoms. The molecule has 0 unspecified atom stereocenters. The van der Waals surface area contributed by atoms with E-state index in [-0.39, 0.29) is 11.3 Å². The number of carbonyl (C=O) groups excluding carboxylic acids is 2. The van der Waals surface area contributed by atoms with Gasteiger partial charge in [-0.1, -0.05) is 6.07 Å². The van der Waals surface area contributed by atoms with Gasteiger partial charge >= 0.3 is 0 Å². The van der Waals surface area contributed by atoms with Gasteiger partial charge in [0.25, 0.3) is 0 Å². The van der Waals surface area contributed by atoms with Gasteiger partial charge in [0.2, 0.25) is 5.91 Å². The highest BCUT2D eigenvalue weighted by molar-refractivity contribution is 6.09. The van der Waals surface area contributed by atoms with Crippen molar-refractivity contribution < 1.29 is 19.1 Å². The maximum absolute atomic E-state index is 12.7. The molecule has 0 aliphatic heterocycles. The summed E-state index contributed by atoms with van der Waals surface area (Å²) in [4.78, 5) is 24.2. The van der Waals surface area contributed by atoms with Crippen molar-refractivity contribution >= 4 is 11.7 Å². The summed E-state index contributed by atoms with van der Waals surface area (Å²) in [5, 5.41) is 18.3. The van der Waals surface area contributed by atoms with E-state index in [1.807, 2.05) is 6.07 Å². The summed E-state index contributed by atoms with van der Waals surface area (Å²) in [7, 11) is 2.79. The second kappa shape index (κ2) is 5.38. The average molecular weight is 299 g/mol. The van der Waals surface area contributed by atoms with E-state index in [1.54, 1.807) is 18.2 Å². The largest absolute Gasteiger partial charge is 0.493 e. The normalized spacial score (nSPS) is 25.5. The Morgan fingerprint density at radius 1 is 1.27 bits per heavy atom. The average Bonchev–Trinajstić information content (AvgIpc) is 3.22. The van der Waals surface area contributed by atoms with Crippen molar-refractivity contribution in [1.29, 1.82) is 10.5 Å². The monoisotopic (exact) mass is 299 g/mol. The number of benzene rings is 1. The van der Waals surface area contributed by atoms with Crippen LogP contribution in [0, 0.1) is 39.9 Å². The number of Topliss-reactive ketones (excluding diaryl/α,β-unsaturated/α-hetero) is 1. The Morgan fingerprint density at radius 3 is 2.36 bits per heavy atom. The molecule has 2 rings (SSSR count). The summed E-state index contributed by atoms with van der Waals surface area (Å²) in [6, 6.07) is 8.22. The molecule has 0 saturated heterocycles. The van der Waals surface area contributed by atoms with Crippen LogP contribution in [0.1, 0.15) is 10.4 Å². The fourth-order valence-corrected chi connectivity index (χ4v) is 2.67. The third-order valence-electron chi connectivity index (χ3n) is 3.89. The Hall–Kier alpha value is -3.06. The molecule has 1 aromatic rings. The topological polar surface area (TPSA) is 126 Å². The van der Waals surface area contributed by atoms with Gasteiger partial charge in [0.15, 0.2) is 22.7 Å². The fourth-order valence-electron chi connectivity index (χ4n) is 2.67. The van der Waals surface area contributed by atoms with Crippen molar-refractivity contribution in [2.45, 2.75) is 0 Å². The first kappa shape index (κ1) is 15.3. The fraction of sp³-hybridized carbons (Fsp3) is 0.333. The van der Waals surface area contributed by atoms with Crippen molar-refractivity contribution in [1.82, 2.24) is 0 Å². The number of para-hydroxylation sites is 1. The second-order valence-electron chi connectivity index (χ2n) is 4.83. The van der Waals surface area contributed by atoms with Crippen molar-refractivity contribution in [2.75, 3.05) is 14.2 Å². The summed E-state index contributed by atoms with van der Waals surface area (Å²) in [6.07, 6.45) is 0. The number of nitriles is 2. The standard InChI is InChI=1S/C15H13N3O4/c1-21-10-5-3-4-8(13(10)22-2)12(19)11-9(6-16)15(11,7-17)14(18)20/h3-5,9,11H,1-2H3,(H2,18,20)/t9-,11+,15+/m0/s1. The number of carbonyl (C=O) groups is 2. The number of rotatable bonds is 5. The molecule has 7 nitrogen and oxygen atoms in total. The first-order valence-corrected chi connectivity index (χ1v) is 6.35. The molecule has 1 aliphatic carbocycles. The highest BCUT2D eigenvalue weighted by atomic mass is 16.5. The third-order valence-corrected chi connectivity index (χ3v) is 3.89. The van der Waals surface area contributed by atoms with Crippen LogP contribution in [-0.4, -0.2) is 25.9 Å². The highest BCUT2D eigenvalue weighted by Gasteiger charge is 2.74. The zero-order valence-corrected chi connectivity index (χ0v) is 12.0. The quantitative estimate of drug-likeness (QED) is 0.795. The lowest BCUT2D eigenvalue weighted by atomic mass is 9.98. The second-order valence-corrected chi connectivity index (χ2v) is 4.83. The summed E-state index contributed by atoms with van der Waals surface area (Å²) in [6.45, 7) is 0. The van der Waals surface area contributed by atoms with Gasteiger partial charge in [-0.25, -0.2) is 0 Å². The third kappa shape index (κ3) is 1.87. The maximum Gasteiger partial charge on any atom is 0.240 e. The van der Waals surface area contributed by atoms with Gasteiger partial charge in [0.05, 0.1) is 43.8 Å². The summed E-state index contributed by atoms with van der Waals surface area (Å²) in [5.41, 5.74) is 3.59. The van der Waals surface area contributed by atoms with Crippen molar-refractivity contribution in [3.63, 3.8) is 0 Å². The molecule has 22 heavy (non-hydrogen) atoms. The van der Waals surface area contributed by atoms with Gasteiger partial charge in [-0.05, 0) is 12.1 Å². The lowest BCUT2D eigenvalue weighted by Crippen LogP contribution is -2.28. The van der Waals surface area contributed by atoms with Crippen molar-refractivity contribution in [3.8, 4) is 23.6 Å². The van der Waals surface area contributed by atoms with E-state index >= 15 is 0 Å². The lowest BCUT2D eigenvalue weighted by Gasteiger charge is -2.12. The lowest BCUT2D eigenvalue weighted by molar-refractivity contribution is -0.121. The van der Waals surface area contributed by atoms with Crippen LogP contribution in [0.4, 0.5) is 0 Å². The van der Waals surface area contributed by atoms with E-state index in [0.717, 1.165) is 0 Å². The number of ketones is 1. The molecule has 0 aromatic heterocycles. The van der Waals surface area contributed by atoms with Crippen LogP contribution in [0.25, 0.3) is 0 Å². The maximum atomic E-state index is 12.7. The molecule has 2 N–H and O–H groups in total. The van der Waals surface area contributed by atoms with Gasteiger partial charge in [-0.2, -0.15) is 10.5 Å². The van der Waals surface area contributed by atoms with E-state index in [0.29, 0.717) is 5.75 Å². The predicted molar refractivity (Wildman–Crippen MR) is 73.7 cm³/mol. The highest BCUT2D eigenvalue weighted by Crippen LogP contribution is 2.59. The smallest absolute Gasteiger partial charge is 0.240 e. The minimum absolute atomic E-state index is 0.144. The Labute approximate surface area is 126 Å². The Balaban J connectivity index is 2.49. The van der Waals surface area contributed by atoms with E-state index in [2.05, 4.69) is 0 Å². The van der Waals surface area contributed by atoms with E-state index < -0.39 is 28.9 Å². The number of nitrogens with zero attached hydrogens (tertiary/aromatic N) is 2. The number of amides is 1. The van der Waals surface area contributed by atoms with Crippen LogP contribution in [0.5, 0.6) is 11.5 Å². The van der Waals surface area contributed by atoms with E-state index in [9.17, 15) is 14.9 Å². The van der Waals surface area contributed by atoms with Crippen LogP contribution in [0.15, 0.2) is 18.2 Å². The number of hydrogen-bond acceptors (Lipinski definition) is 6. The SMILES string of the molecule is COc1cccc(C(=O)[C@H]2[C@H](C#N)[C@@]2(C#N)C(N)=O)c1OC. The number of hydrogen-bond donors (Lipinski definition) is 1. The first-order chi connectivity index (χ1) is 10.5. The molecule has 1 fully saturated rings. The molecule has 1 amide bonds. The van der Waals surface area contributed by atoms with Gasteiger partial charge in [-0.3, -0.25) is 9.59 Å². The Morgan fingerprint density at radius 2 is 1.95 bits per heavy atom. The number of ether oxygens (including phenoxy) is 2. The molecule has 1 saturated carbocycles. The molecule has 112 valence electrons. The van der Waals surface area contributed by atoms with Crippen molar-refractivity contribution in [3.05, 3.63) is 23.8 Å². The summed E-state index contributed by atoms with van der Waals surface area (Å²) >= 11 is 0. The molecular weight excluding hydrogens is 286 g/mol. The zero-order chi connectivity index (χ0) is 16.5. The van der Waals surface area contributed by atoms with Gasteiger partial charge < -0.3 is 15.2 Å². The number of nitrogens with two attached hydrogens (primary N) is 1. The summed E-state index contributed by atoms with van der Waals surface area (Å²) < 4.78 is 10.3. The molecule has 1 aromatic carbocycles. The molecule has 0 bridgehead atoms. The van der Waals surface area contributed by atoms with Crippen LogP contribution < -0.4 is 15.2 Å². The molecule has 0 radical (unpaired) electrons. The van der Waals surface area contributed by atoms with Crippen molar-refractivity contribution in [2.24, 2.45) is 23.0 Å².